The summed E-state index contributed by atoms with van der Waals surface area (Å²) in [5.74, 6) is 1.34. The molecule has 17 heavy (non-hydrogen) atoms. The fourth-order valence-corrected chi connectivity index (χ4v) is 3.15. The van der Waals surface area contributed by atoms with Gasteiger partial charge in [-0.3, -0.25) is 0 Å². The standard InChI is InChI=1S/C10H15N5OS/c1-16-6-8-12-13-10-15(8)14-9(17-10)7-2-4-11-5-3-7/h7,11H,2-6H2,1H3. The monoisotopic (exact) mass is 253 g/mol. The molecule has 0 aliphatic carbocycles. The Kier molecular flexibility index (Phi) is 3.04. The Bertz CT molecular complexity index is 502. The van der Waals surface area contributed by atoms with Crippen molar-refractivity contribution < 1.29 is 4.74 Å². The quantitative estimate of drug-likeness (QED) is 0.876. The van der Waals surface area contributed by atoms with Crippen LogP contribution in [0.2, 0.25) is 0 Å². The van der Waals surface area contributed by atoms with Crippen LogP contribution in [-0.4, -0.2) is 40.0 Å². The van der Waals surface area contributed by atoms with E-state index in [0.717, 1.165) is 36.7 Å². The van der Waals surface area contributed by atoms with Crippen molar-refractivity contribution in [2.45, 2.75) is 25.4 Å². The summed E-state index contributed by atoms with van der Waals surface area (Å²) in [5, 5.41) is 17.3. The van der Waals surface area contributed by atoms with Gasteiger partial charge in [0.25, 0.3) is 0 Å². The molecule has 1 aliphatic heterocycles. The maximum atomic E-state index is 5.08. The molecule has 2 aromatic heterocycles. The highest BCUT2D eigenvalue weighted by atomic mass is 32.1. The molecule has 1 aliphatic rings. The van der Waals surface area contributed by atoms with Crippen LogP contribution in [0.4, 0.5) is 0 Å². The third-order valence-corrected chi connectivity index (χ3v) is 4.09. The third kappa shape index (κ3) is 2.05. The van der Waals surface area contributed by atoms with E-state index in [1.165, 1.54) is 5.01 Å². The van der Waals surface area contributed by atoms with Crippen molar-refractivity contribution in [3.8, 4) is 0 Å². The van der Waals surface area contributed by atoms with E-state index >= 15 is 0 Å². The second kappa shape index (κ2) is 4.67. The first kappa shape index (κ1) is 11.1. The van der Waals surface area contributed by atoms with Gasteiger partial charge in [-0.25, -0.2) is 0 Å². The molecule has 0 saturated carbocycles. The minimum atomic E-state index is 0.455. The lowest BCUT2D eigenvalue weighted by Crippen LogP contribution is -2.26. The van der Waals surface area contributed by atoms with Crippen molar-refractivity contribution in [3.05, 3.63) is 10.8 Å². The van der Waals surface area contributed by atoms with Crippen molar-refractivity contribution >= 4 is 16.3 Å². The van der Waals surface area contributed by atoms with Gasteiger partial charge in [-0.1, -0.05) is 11.3 Å². The number of rotatable bonds is 3. The fourth-order valence-electron chi connectivity index (χ4n) is 2.13. The van der Waals surface area contributed by atoms with Gasteiger partial charge in [0.15, 0.2) is 5.82 Å². The highest BCUT2D eigenvalue weighted by Gasteiger charge is 2.21. The number of hydrogen-bond acceptors (Lipinski definition) is 6. The van der Waals surface area contributed by atoms with Gasteiger partial charge in [-0.2, -0.15) is 9.61 Å². The number of aromatic nitrogens is 4. The Labute approximate surface area is 103 Å². The predicted molar refractivity (Wildman–Crippen MR) is 64.2 cm³/mol. The van der Waals surface area contributed by atoms with Crippen molar-refractivity contribution in [2.24, 2.45) is 0 Å². The maximum absolute atomic E-state index is 5.08. The molecule has 0 aromatic carbocycles. The first-order chi connectivity index (χ1) is 8.38. The van der Waals surface area contributed by atoms with E-state index in [-0.39, 0.29) is 0 Å². The summed E-state index contributed by atoms with van der Waals surface area (Å²) in [6.45, 7) is 2.61. The highest BCUT2D eigenvalue weighted by Crippen LogP contribution is 2.28. The lowest BCUT2D eigenvalue weighted by atomic mass is 9.99. The summed E-state index contributed by atoms with van der Waals surface area (Å²) in [6, 6.07) is 0. The molecule has 0 atom stereocenters. The Hall–Kier alpha value is -1.05. The van der Waals surface area contributed by atoms with Crippen LogP contribution < -0.4 is 5.32 Å². The SMILES string of the molecule is COCc1nnc2sc(C3CCNCC3)nn12. The molecule has 0 spiro atoms. The number of fused-ring (bicyclic) bond motifs is 1. The Balaban J connectivity index is 1.90. The van der Waals surface area contributed by atoms with Crippen LogP contribution in [0.25, 0.3) is 4.96 Å². The molecular weight excluding hydrogens is 238 g/mol. The first-order valence-electron chi connectivity index (χ1n) is 5.79. The molecule has 1 fully saturated rings. The van der Waals surface area contributed by atoms with Crippen molar-refractivity contribution in [1.29, 1.82) is 0 Å². The molecule has 92 valence electrons. The van der Waals surface area contributed by atoms with Gasteiger partial charge in [-0.15, -0.1) is 10.2 Å². The number of nitrogens with zero attached hydrogens (tertiary/aromatic N) is 4. The molecule has 1 saturated heterocycles. The average molecular weight is 253 g/mol. The molecule has 3 rings (SSSR count). The van der Waals surface area contributed by atoms with E-state index < -0.39 is 0 Å². The summed E-state index contributed by atoms with van der Waals surface area (Å²) < 4.78 is 6.89. The molecule has 0 bridgehead atoms. The van der Waals surface area contributed by atoms with E-state index in [9.17, 15) is 0 Å². The van der Waals surface area contributed by atoms with Crippen LogP contribution >= 0.6 is 11.3 Å². The minimum absolute atomic E-state index is 0.455. The van der Waals surface area contributed by atoms with Crippen molar-refractivity contribution in [1.82, 2.24) is 25.1 Å². The Morgan fingerprint density at radius 2 is 2.24 bits per heavy atom. The number of methoxy groups -OCH3 is 1. The van der Waals surface area contributed by atoms with Crippen LogP contribution in [0.3, 0.4) is 0 Å². The molecule has 7 heteroatoms. The number of hydrogen-bond donors (Lipinski definition) is 1. The zero-order valence-corrected chi connectivity index (χ0v) is 10.5. The van der Waals surface area contributed by atoms with Crippen LogP contribution in [0.5, 0.6) is 0 Å². The zero-order valence-electron chi connectivity index (χ0n) is 9.72. The number of nitrogens with one attached hydrogen (secondary N) is 1. The van der Waals surface area contributed by atoms with Crippen LogP contribution in [0.1, 0.15) is 29.6 Å². The molecular formula is C10H15N5OS. The maximum Gasteiger partial charge on any atom is 0.234 e. The van der Waals surface area contributed by atoms with Gasteiger partial charge >= 0.3 is 0 Å². The van der Waals surface area contributed by atoms with E-state index in [2.05, 4.69) is 20.6 Å². The highest BCUT2D eigenvalue weighted by molar-refractivity contribution is 7.16. The van der Waals surface area contributed by atoms with Crippen LogP contribution in [-0.2, 0) is 11.3 Å². The number of ether oxygens (including phenoxy) is 1. The van der Waals surface area contributed by atoms with Gasteiger partial charge in [0.2, 0.25) is 4.96 Å². The molecule has 0 unspecified atom stereocenters. The van der Waals surface area contributed by atoms with Crippen molar-refractivity contribution in [2.75, 3.05) is 20.2 Å². The fraction of sp³-hybridized carbons (Fsp3) is 0.700. The second-order valence-corrected chi connectivity index (χ2v) is 5.20. The van der Waals surface area contributed by atoms with Gasteiger partial charge in [0, 0.05) is 13.0 Å². The second-order valence-electron chi connectivity index (χ2n) is 4.21. The first-order valence-corrected chi connectivity index (χ1v) is 6.61. The summed E-state index contributed by atoms with van der Waals surface area (Å²) in [7, 11) is 1.65. The summed E-state index contributed by atoms with van der Waals surface area (Å²) in [4.78, 5) is 0.866. The average Bonchev–Trinajstić information content (AvgIpc) is 2.93. The zero-order chi connectivity index (χ0) is 11.7. The normalized spacial score (nSPS) is 17.9. The largest absolute Gasteiger partial charge is 0.377 e. The van der Waals surface area contributed by atoms with Gasteiger partial charge < -0.3 is 10.1 Å². The topological polar surface area (TPSA) is 64.3 Å². The van der Waals surface area contributed by atoms with E-state index in [0.29, 0.717) is 12.5 Å². The van der Waals surface area contributed by atoms with Crippen LogP contribution in [0, 0.1) is 0 Å². The Morgan fingerprint density at radius 3 is 3.00 bits per heavy atom. The Morgan fingerprint density at radius 1 is 1.41 bits per heavy atom. The predicted octanol–water partition coefficient (Wildman–Crippen LogP) is 0.799. The molecule has 1 N–H and O–H groups in total. The van der Waals surface area contributed by atoms with E-state index in [4.69, 9.17) is 4.74 Å². The van der Waals surface area contributed by atoms with E-state index in [1.54, 1.807) is 18.4 Å². The summed E-state index contributed by atoms with van der Waals surface area (Å²) >= 11 is 1.65. The molecule has 6 nitrogen and oxygen atoms in total. The molecule has 2 aromatic rings. The molecule has 3 heterocycles. The minimum Gasteiger partial charge on any atom is -0.377 e. The van der Waals surface area contributed by atoms with Crippen molar-refractivity contribution in [3.63, 3.8) is 0 Å². The smallest absolute Gasteiger partial charge is 0.234 e. The lowest BCUT2D eigenvalue weighted by molar-refractivity contribution is 0.176. The number of piperidine rings is 1. The van der Waals surface area contributed by atoms with Gasteiger partial charge in [-0.05, 0) is 25.9 Å². The molecule has 0 amide bonds. The van der Waals surface area contributed by atoms with Crippen LogP contribution in [0.15, 0.2) is 0 Å². The summed E-state index contributed by atoms with van der Waals surface area (Å²) in [5.41, 5.74) is 0. The van der Waals surface area contributed by atoms with Gasteiger partial charge in [0.05, 0.1) is 0 Å². The molecule has 0 radical (unpaired) electrons. The summed E-state index contributed by atoms with van der Waals surface area (Å²) in [6.07, 6.45) is 2.31. The lowest BCUT2D eigenvalue weighted by Gasteiger charge is -2.19. The third-order valence-electron chi connectivity index (χ3n) is 3.03. The van der Waals surface area contributed by atoms with E-state index in [1.807, 2.05) is 4.52 Å². The van der Waals surface area contributed by atoms with Gasteiger partial charge in [0.1, 0.15) is 11.6 Å².